The number of nitrogens with one attached hydrogen (secondary N) is 1. The summed E-state index contributed by atoms with van der Waals surface area (Å²) in [5, 5.41) is 2.88. The Morgan fingerprint density at radius 2 is 1.95 bits per heavy atom. The van der Waals surface area contributed by atoms with Gasteiger partial charge < -0.3 is 19.9 Å². The minimum atomic E-state index is -0.442. The molecule has 0 bridgehead atoms. The lowest BCUT2D eigenvalue weighted by molar-refractivity contribution is -0.124. The minimum absolute atomic E-state index is 0.121. The average molecular weight is 291 g/mol. The largest absolute Gasteiger partial charge is 0.372 e. The van der Waals surface area contributed by atoms with E-state index in [1.165, 1.54) is 18.4 Å². The molecular weight excluding hydrogens is 266 g/mol. The van der Waals surface area contributed by atoms with Crippen LogP contribution in [0, 0.1) is 6.92 Å². The van der Waals surface area contributed by atoms with Crippen LogP contribution >= 0.6 is 0 Å². The second kappa shape index (κ2) is 6.91. The Morgan fingerprint density at radius 3 is 2.52 bits per heavy atom. The van der Waals surface area contributed by atoms with Gasteiger partial charge in [-0.05, 0) is 44.7 Å². The van der Waals surface area contributed by atoms with E-state index in [1.807, 2.05) is 12.1 Å². The van der Waals surface area contributed by atoms with Crippen molar-refractivity contribution in [1.29, 1.82) is 0 Å². The molecule has 1 fully saturated rings. The van der Waals surface area contributed by atoms with Crippen molar-refractivity contribution in [3.8, 4) is 0 Å². The van der Waals surface area contributed by atoms with Crippen LogP contribution < -0.4 is 10.2 Å². The van der Waals surface area contributed by atoms with Gasteiger partial charge >= 0.3 is 0 Å². The maximum Gasteiger partial charge on any atom is 0.253 e. The van der Waals surface area contributed by atoms with Crippen molar-refractivity contribution >= 4 is 17.3 Å². The molecule has 1 aliphatic heterocycles. The Labute approximate surface area is 126 Å². The van der Waals surface area contributed by atoms with Crippen molar-refractivity contribution in [2.24, 2.45) is 0 Å². The number of hydrogen-bond acceptors (Lipinski definition) is 4. The summed E-state index contributed by atoms with van der Waals surface area (Å²) in [4.78, 5) is 16.6. The molecule has 5 nitrogen and oxygen atoms in total. The molecule has 2 rings (SSSR count). The SMILES string of the molecule is CO[C@H](C)C(=O)Nc1ccc(N2CCN(C)CC2)c(C)c1. The molecule has 1 N–H and O–H groups in total. The molecule has 0 radical (unpaired) electrons. The first kappa shape index (κ1) is 15.8. The van der Waals surface area contributed by atoms with Crippen LogP contribution in [-0.4, -0.2) is 57.2 Å². The lowest BCUT2D eigenvalue weighted by atomic mass is 10.1. The zero-order valence-corrected chi connectivity index (χ0v) is 13.3. The van der Waals surface area contributed by atoms with Gasteiger partial charge in [-0.1, -0.05) is 0 Å². The number of ether oxygens (including phenoxy) is 1. The van der Waals surface area contributed by atoms with Crippen LogP contribution in [-0.2, 0) is 9.53 Å². The lowest BCUT2D eigenvalue weighted by Gasteiger charge is -2.35. The van der Waals surface area contributed by atoms with Gasteiger partial charge in [0.2, 0.25) is 0 Å². The molecule has 0 aromatic heterocycles. The highest BCUT2D eigenvalue weighted by molar-refractivity contribution is 5.94. The number of rotatable bonds is 4. The topological polar surface area (TPSA) is 44.8 Å². The summed E-state index contributed by atoms with van der Waals surface area (Å²) in [5.74, 6) is -0.121. The Morgan fingerprint density at radius 1 is 1.29 bits per heavy atom. The van der Waals surface area contributed by atoms with E-state index < -0.39 is 6.10 Å². The van der Waals surface area contributed by atoms with Crippen LogP contribution in [0.25, 0.3) is 0 Å². The molecule has 1 aliphatic rings. The van der Waals surface area contributed by atoms with E-state index in [4.69, 9.17) is 4.74 Å². The molecule has 1 heterocycles. The molecule has 116 valence electrons. The monoisotopic (exact) mass is 291 g/mol. The Bertz CT molecular complexity index is 496. The molecule has 0 aliphatic carbocycles. The van der Waals surface area contributed by atoms with E-state index in [0.29, 0.717) is 0 Å². The highest BCUT2D eigenvalue weighted by Gasteiger charge is 2.17. The third-order valence-corrected chi connectivity index (χ3v) is 4.03. The van der Waals surface area contributed by atoms with Gasteiger partial charge in [0, 0.05) is 44.7 Å². The van der Waals surface area contributed by atoms with Crippen LogP contribution in [0.1, 0.15) is 12.5 Å². The van der Waals surface area contributed by atoms with Gasteiger partial charge in [0.1, 0.15) is 6.10 Å². The van der Waals surface area contributed by atoms with Crippen LogP contribution in [0.4, 0.5) is 11.4 Å². The van der Waals surface area contributed by atoms with E-state index in [2.05, 4.69) is 35.2 Å². The second-order valence-electron chi connectivity index (χ2n) is 5.66. The Hall–Kier alpha value is -1.59. The summed E-state index contributed by atoms with van der Waals surface area (Å²) < 4.78 is 5.02. The number of carbonyl (C=O) groups is 1. The summed E-state index contributed by atoms with van der Waals surface area (Å²) in [6.45, 7) is 8.09. The average Bonchev–Trinajstić information content (AvgIpc) is 2.47. The molecule has 0 unspecified atom stereocenters. The highest BCUT2D eigenvalue weighted by Crippen LogP contribution is 2.24. The molecule has 1 amide bonds. The van der Waals surface area contributed by atoms with Gasteiger partial charge in [-0.25, -0.2) is 0 Å². The van der Waals surface area contributed by atoms with Crippen molar-refractivity contribution < 1.29 is 9.53 Å². The zero-order chi connectivity index (χ0) is 15.4. The fraction of sp³-hybridized carbons (Fsp3) is 0.562. The molecule has 21 heavy (non-hydrogen) atoms. The predicted molar refractivity (Wildman–Crippen MR) is 86.0 cm³/mol. The van der Waals surface area contributed by atoms with Crippen molar-refractivity contribution in [2.75, 3.05) is 50.6 Å². The smallest absolute Gasteiger partial charge is 0.253 e. The standard InChI is InChI=1S/C16H25N3O2/c1-12-11-14(17-16(20)13(2)21-4)5-6-15(12)19-9-7-18(3)8-10-19/h5-6,11,13H,7-10H2,1-4H3,(H,17,20)/t13-/m1/s1. The van der Waals surface area contributed by atoms with Gasteiger partial charge in [0.05, 0.1) is 0 Å². The molecule has 1 atom stereocenters. The molecule has 1 saturated heterocycles. The van der Waals surface area contributed by atoms with E-state index in [0.717, 1.165) is 31.9 Å². The van der Waals surface area contributed by atoms with E-state index in [-0.39, 0.29) is 5.91 Å². The Kier molecular flexibility index (Phi) is 5.20. The van der Waals surface area contributed by atoms with Gasteiger partial charge in [-0.15, -0.1) is 0 Å². The van der Waals surface area contributed by atoms with E-state index in [1.54, 1.807) is 6.92 Å². The fourth-order valence-electron chi connectivity index (χ4n) is 2.49. The number of methoxy groups -OCH3 is 1. The van der Waals surface area contributed by atoms with Gasteiger partial charge in [-0.3, -0.25) is 4.79 Å². The fourth-order valence-corrected chi connectivity index (χ4v) is 2.49. The number of aryl methyl sites for hydroxylation is 1. The molecule has 1 aromatic rings. The van der Waals surface area contributed by atoms with Crippen molar-refractivity contribution in [3.05, 3.63) is 23.8 Å². The maximum absolute atomic E-state index is 11.8. The normalized spacial score (nSPS) is 17.6. The third-order valence-electron chi connectivity index (χ3n) is 4.03. The van der Waals surface area contributed by atoms with Gasteiger partial charge in [0.25, 0.3) is 5.91 Å². The van der Waals surface area contributed by atoms with Crippen molar-refractivity contribution in [3.63, 3.8) is 0 Å². The van der Waals surface area contributed by atoms with Crippen molar-refractivity contribution in [2.45, 2.75) is 20.0 Å². The highest BCUT2D eigenvalue weighted by atomic mass is 16.5. The first-order valence-corrected chi connectivity index (χ1v) is 7.39. The van der Waals surface area contributed by atoms with E-state index >= 15 is 0 Å². The summed E-state index contributed by atoms with van der Waals surface area (Å²) in [6.07, 6.45) is -0.442. The Balaban J connectivity index is 2.05. The van der Waals surface area contributed by atoms with Gasteiger partial charge in [-0.2, -0.15) is 0 Å². The van der Waals surface area contributed by atoms with Crippen LogP contribution in [0.3, 0.4) is 0 Å². The molecular formula is C16H25N3O2. The number of likely N-dealkylation sites (N-methyl/N-ethyl adjacent to an activating group) is 1. The molecule has 1 aromatic carbocycles. The summed E-state index contributed by atoms with van der Waals surface area (Å²) in [5.41, 5.74) is 3.25. The van der Waals surface area contributed by atoms with Crippen LogP contribution in [0.2, 0.25) is 0 Å². The molecule has 0 saturated carbocycles. The minimum Gasteiger partial charge on any atom is -0.372 e. The molecule has 5 heteroatoms. The van der Waals surface area contributed by atoms with Gasteiger partial charge in [0.15, 0.2) is 0 Å². The van der Waals surface area contributed by atoms with Crippen LogP contribution in [0.15, 0.2) is 18.2 Å². The number of hydrogen-bond donors (Lipinski definition) is 1. The zero-order valence-electron chi connectivity index (χ0n) is 13.3. The summed E-state index contributed by atoms with van der Waals surface area (Å²) >= 11 is 0. The molecule has 0 spiro atoms. The van der Waals surface area contributed by atoms with E-state index in [9.17, 15) is 4.79 Å². The number of benzene rings is 1. The first-order chi connectivity index (χ1) is 10.0. The van der Waals surface area contributed by atoms with Crippen molar-refractivity contribution in [1.82, 2.24) is 4.90 Å². The number of piperazine rings is 1. The summed E-state index contributed by atoms with van der Waals surface area (Å²) in [7, 11) is 3.69. The predicted octanol–water partition coefficient (Wildman–Crippen LogP) is 1.72. The lowest BCUT2D eigenvalue weighted by Crippen LogP contribution is -2.44. The maximum atomic E-state index is 11.8. The number of carbonyl (C=O) groups excluding carboxylic acids is 1. The second-order valence-corrected chi connectivity index (χ2v) is 5.66. The number of anilines is 2. The number of amides is 1. The quantitative estimate of drug-likeness (QED) is 0.917. The first-order valence-electron chi connectivity index (χ1n) is 7.39. The third kappa shape index (κ3) is 3.95. The summed E-state index contributed by atoms with van der Waals surface area (Å²) in [6, 6.07) is 6.07. The van der Waals surface area contributed by atoms with Crippen LogP contribution in [0.5, 0.6) is 0 Å². The number of nitrogens with zero attached hydrogens (tertiary/aromatic N) is 2.